The van der Waals surface area contributed by atoms with Crippen molar-refractivity contribution in [3.05, 3.63) is 69.2 Å². The summed E-state index contributed by atoms with van der Waals surface area (Å²) in [6.07, 6.45) is 1.82. The minimum atomic E-state index is -1.63. The zero-order valence-corrected chi connectivity index (χ0v) is 22.3. The number of hydrogen-bond acceptors (Lipinski definition) is 6. The molecule has 0 aromatic heterocycles. The van der Waals surface area contributed by atoms with Crippen LogP contribution in [0.5, 0.6) is 0 Å². The fourth-order valence-corrected chi connectivity index (χ4v) is 6.23. The van der Waals surface area contributed by atoms with Gasteiger partial charge >= 0.3 is 0 Å². The van der Waals surface area contributed by atoms with Gasteiger partial charge in [-0.05, 0) is 54.9 Å². The number of aliphatic hydroxyl groups is 3. The number of aliphatic hydroxyl groups excluding tert-OH is 3. The van der Waals surface area contributed by atoms with Crippen molar-refractivity contribution in [1.29, 1.82) is 0 Å². The third-order valence-electron chi connectivity index (χ3n) is 8.18. The van der Waals surface area contributed by atoms with Crippen LogP contribution in [0.4, 0.5) is 8.78 Å². The lowest BCUT2D eigenvalue weighted by molar-refractivity contribution is -0.123. The van der Waals surface area contributed by atoms with Crippen LogP contribution < -0.4 is 16.4 Å². The summed E-state index contributed by atoms with van der Waals surface area (Å²) in [4.78, 5) is 13.5. The van der Waals surface area contributed by atoms with Gasteiger partial charge in [-0.2, -0.15) is 0 Å². The molecule has 1 saturated heterocycles. The van der Waals surface area contributed by atoms with Gasteiger partial charge in [0.25, 0.3) is 0 Å². The molecule has 5 unspecified atom stereocenters. The molecule has 7 N–H and O–H groups in total. The smallest absolute Gasteiger partial charge is 0.237 e. The molecule has 0 radical (unpaired) electrons. The van der Waals surface area contributed by atoms with E-state index in [0.717, 1.165) is 25.3 Å². The largest absolute Gasteiger partial charge is 0.396 e. The zero-order chi connectivity index (χ0) is 27.7. The van der Waals surface area contributed by atoms with Crippen molar-refractivity contribution in [3.63, 3.8) is 0 Å². The molecule has 38 heavy (non-hydrogen) atoms. The van der Waals surface area contributed by atoms with Crippen molar-refractivity contribution in [3.8, 4) is 0 Å². The maximum atomic E-state index is 15.6. The van der Waals surface area contributed by atoms with Gasteiger partial charge in [0.15, 0.2) is 0 Å². The second-order valence-electron chi connectivity index (χ2n) is 10.5. The number of carbonyl (C=O) groups excluding carboxylic acids is 1. The standard InChI is InChI=1S/C27H33Cl2F2N3O4/c28-15-5-6-18(20(30)11-15)27(32)21(12-26(14-36)8-2-9-26)34-24(25(38)33-10-7-16(37)13-35)22(27)17-3-1-4-19(29)23(17)31/h1,3-6,11,16,21-22,24,34-37H,2,7-10,12-14,32H2,(H,33,38). The highest BCUT2D eigenvalue weighted by Crippen LogP contribution is 2.53. The predicted molar refractivity (Wildman–Crippen MR) is 141 cm³/mol. The minimum Gasteiger partial charge on any atom is -0.396 e. The summed E-state index contributed by atoms with van der Waals surface area (Å²) < 4.78 is 31.1. The lowest BCUT2D eigenvalue weighted by Gasteiger charge is -2.46. The van der Waals surface area contributed by atoms with Gasteiger partial charge in [-0.25, -0.2) is 8.78 Å². The van der Waals surface area contributed by atoms with Crippen LogP contribution in [0.15, 0.2) is 36.4 Å². The van der Waals surface area contributed by atoms with E-state index in [0.29, 0.717) is 6.42 Å². The first kappa shape index (κ1) is 29.1. The molecule has 7 nitrogen and oxygen atoms in total. The van der Waals surface area contributed by atoms with Crippen LogP contribution >= 0.6 is 23.2 Å². The van der Waals surface area contributed by atoms with Crippen molar-refractivity contribution >= 4 is 29.1 Å². The fraction of sp³-hybridized carbons (Fsp3) is 0.519. The van der Waals surface area contributed by atoms with Crippen molar-refractivity contribution in [1.82, 2.24) is 10.6 Å². The molecule has 4 rings (SSSR count). The van der Waals surface area contributed by atoms with Crippen molar-refractivity contribution < 1.29 is 28.9 Å². The van der Waals surface area contributed by atoms with Crippen molar-refractivity contribution in [2.24, 2.45) is 11.1 Å². The number of hydrogen-bond donors (Lipinski definition) is 6. The predicted octanol–water partition coefficient (Wildman–Crippen LogP) is 2.96. The number of amides is 1. The van der Waals surface area contributed by atoms with Crippen LogP contribution in [0.3, 0.4) is 0 Å². The molecule has 1 aliphatic carbocycles. The van der Waals surface area contributed by atoms with Gasteiger partial charge in [0.2, 0.25) is 5.91 Å². The highest BCUT2D eigenvalue weighted by Gasteiger charge is 2.59. The molecule has 1 aliphatic heterocycles. The molecule has 5 atom stereocenters. The molecule has 208 valence electrons. The van der Waals surface area contributed by atoms with E-state index >= 15 is 8.78 Å². The Kier molecular flexibility index (Phi) is 8.98. The summed E-state index contributed by atoms with van der Waals surface area (Å²) >= 11 is 12.2. The molecule has 2 fully saturated rings. The second-order valence-corrected chi connectivity index (χ2v) is 11.4. The quantitative estimate of drug-likeness (QED) is 0.260. The van der Waals surface area contributed by atoms with Crippen molar-refractivity contribution in [2.75, 3.05) is 19.8 Å². The molecule has 2 aliphatic rings. The minimum absolute atomic E-state index is 0.0433. The topological polar surface area (TPSA) is 128 Å². The molecule has 0 bridgehead atoms. The fourth-order valence-electron chi connectivity index (χ4n) is 5.89. The summed E-state index contributed by atoms with van der Waals surface area (Å²) in [5.41, 5.74) is 5.16. The number of benzene rings is 2. The van der Waals surface area contributed by atoms with E-state index < -0.39 is 59.2 Å². The van der Waals surface area contributed by atoms with E-state index in [9.17, 15) is 15.0 Å². The lowest BCUT2D eigenvalue weighted by Crippen LogP contribution is -2.54. The van der Waals surface area contributed by atoms with Crippen LogP contribution in [-0.4, -0.2) is 59.2 Å². The van der Waals surface area contributed by atoms with E-state index in [4.69, 9.17) is 34.0 Å². The van der Waals surface area contributed by atoms with Crippen LogP contribution in [0.1, 0.15) is 49.1 Å². The van der Waals surface area contributed by atoms with Gasteiger partial charge in [-0.3, -0.25) is 4.79 Å². The highest BCUT2D eigenvalue weighted by molar-refractivity contribution is 6.31. The monoisotopic (exact) mass is 571 g/mol. The first-order chi connectivity index (χ1) is 18.1. The van der Waals surface area contributed by atoms with Gasteiger partial charge < -0.3 is 31.7 Å². The number of carbonyl (C=O) groups is 1. The van der Waals surface area contributed by atoms with Crippen LogP contribution in [0.2, 0.25) is 10.0 Å². The summed E-state index contributed by atoms with van der Waals surface area (Å²) in [5, 5.41) is 34.9. The molecular weight excluding hydrogens is 539 g/mol. The van der Waals surface area contributed by atoms with Crippen LogP contribution in [-0.2, 0) is 10.3 Å². The van der Waals surface area contributed by atoms with E-state index in [1.165, 1.54) is 24.3 Å². The lowest BCUT2D eigenvalue weighted by atomic mass is 9.61. The van der Waals surface area contributed by atoms with E-state index in [1.54, 1.807) is 6.07 Å². The molecule has 2 aromatic rings. The summed E-state index contributed by atoms with van der Waals surface area (Å²) in [6, 6.07) is 6.64. The number of halogens is 4. The van der Waals surface area contributed by atoms with Gasteiger partial charge in [-0.15, -0.1) is 0 Å². The summed E-state index contributed by atoms with van der Waals surface area (Å²) in [6.45, 7) is -0.515. The molecular formula is C27H33Cl2F2N3O4. The van der Waals surface area contributed by atoms with Gasteiger partial charge in [0.05, 0.1) is 29.3 Å². The molecule has 2 aromatic carbocycles. The SMILES string of the molecule is NC1(c2ccc(Cl)cc2F)C(CC2(CO)CCC2)NC(C(=O)NCCC(O)CO)C1c1cccc(Cl)c1F. The van der Waals surface area contributed by atoms with Crippen LogP contribution in [0, 0.1) is 17.0 Å². The Labute approximate surface area is 230 Å². The maximum absolute atomic E-state index is 15.6. The maximum Gasteiger partial charge on any atom is 0.237 e. The Balaban J connectivity index is 1.83. The van der Waals surface area contributed by atoms with E-state index in [1.807, 2.05) is 0 Å². The number of nitrogens with one attached hydrogen (secondary N) is 2. The molecule has 1 amide bonds. The van der Waals surface area contributed by atoms with E-state index in [-0.39, 0.29) is 40.7 Å². The second kappa shape index (κ2) is 11.7. The Hall–Kier alpha value is -1.85. The van der Waals surface area contributed by atoms with E-state index in [2.05, 4.69) is 10.6 Å². The first-order valence-electron chi connectivity index (χ1n) is 12.7. The average molecular weight is 572 g/mol. The summed E-state index contributed by atoms with van der Waals surface area (Å²) in [7, 11) is 0. The molecule has 1 heterocycles. The summed E-state index contributed by atoms with van der Waals surface area (Å²) in [5.74, 6) is -3.09. The Morgan fingerprint density at radius 3 is 2.55 bits per heavy atom. The van der Waals surface area contributed by atoms with Gasteiger partial charge in [-0.1, -0.05) is 47.8 Å². The van der Waals surface area contributed by atoms with Gasteiger partial charge in [0, 0.05) is 35.7 Å². The van der Waals surface area contributed by atoms with Gasteiger partial charge in [0.1, 0.15) is 11.6 Å². The highest BCUT2D eigenvalue weighted by atomic mass is 35.5. The number of rotatable bonds is 10. The average Bonchev–Trinajstić information content (AvgIpc) is 3.15. The Morgan fingerprint density at radius 1 is 1.21 bits per heavy atom. The number of nitrogens with two attached hydrogens (primary N) is 1. The molecule has 1 saturated carbocycles. The zero-order valence-electron chi connectivity index (χ0n) is 20.8. The Morgan fingerprint density at radius 2 is 1.95 bits per heavy atom. The molecule has 0 spiro atoms. The van der Waals surface area contributed by atoms with Crippen LogP contribution in [0.25, 0.3) is 0 Å². The Bertz CT molecular complexity index is 1160. The first-order valence-corrected chi connectivity index (χ1v) is 13.4. The van der Waals surface area contributed by atoms with Crippen molar-refractivity contribution in [2.45, 2.75) is 61.7 Å². The molecule has 11 heteroatoms. The third-order valence-corrected chi connectivity index (χ3v) is 8.70. The normalized spacial score (nSPS) is 27.1. The third kappa shape index (κ3) is 5.43.